The van der Waals surface area contributed by atoms with Crippen molar-refractivity contribution in [2.24, 2.45) is 11.7 Å². The van der Waals surface area contributed by atoms with E-state index in [1.165, 1.54) is 0 Å². The zero-order chi connectivity index (χ0) is 34.1. The first-order valence-electron chi connectivity index (χ1n) is 15.7. The highest BCUT2D eigenvalue weighted by atomic mass is 17.2. The largest absolute Gasteiger partial charge is 0.492 e. The smallest absolute Gasteiger partial charge is 0.317 e. The van der Waals surface area contributed by atoms with Crippen LogP contribution in [0, 0.1) is 5.92 Å². The summed E-state index contributed by atoms with van der Waals surface area (Å²) < 4.78 is 40.6. The van der Waals surface area contributed by atoms with Crippen molar-refractivity contribution >= 4 is 11.9 Å². The molecule has 2 aromatic carbocycles. The van der Waals surface area contributed by atoms with Crippen LogP contribution in [0.15, 0.2) is 24.3 Å². The van der Waals surface area contributed by atoms with Gasteiger partial charge in [0.15, 0.2) is 29.6 Å². The van der Waals surface area contributed by atoms with Gasteiger partial charge in [0.1, 0.15) is 55.5 Å². The van der Waals surface area contributed by atoms with Crippen LogP contribution in [-0.4, -0.2) is 102 Å². The number of carboxylic acid groups (broad SMARTS) is 1. The second-order valence-corrected chi connectivity index (χ2v) is 12.3. The molecule has 0 spiro atoms. The van der Waals surface area contributed by atoms with Crippen LogP contribution in [0.25, 0.3) is 0 Å². The number of ether oxygens (including phenoxy) is 7. The lowest BCUT2D eigenvalue weighted by atomic mass is 9.87. The predicted octanol–water partition coefficient (Wildman–Crippen LogP) is 0.703. The zero-order valence-corrected chi connectivity index (χ0v) is 26.3. The number of esters is 1. The van der Waals surface area contributed by atoms with Crippen molar-refractivity contribution in [1.29, 1.82) is 0 Å². The average Bonchev–Trinajstić information content (AvgIpc) is 3.65. The molecule has 1 fully saturated rings. The third-order valence-electron chi connectivity index (χ3n) is 8.31. The van der Waals surface area contributed by atoms with E-state index in [9.17, 15) is 24.9 Å². The third kappa shape index (κ3) is 6.82. The van der Waals surface area contributed by atoms with Gasteiger partial charge in [-0.1, -0.05) is 13.8 Å². The molecule has 48 heavy (non-hydrogen) atoms. The molecule has 1 saturated heterocycles. The van der Waals surface area contributed by atoms with Gasteiger partial charge >= 0.3 is 11.9 Å². The summed E-state index contributed by atoms with van der Waals surface area (Å²) in [7, 11) is 0. The monoisotopic (exact) mass is 677 g/mol. The van der Waals surface area contributed by atoms with Gasteiger partial charge in [-0.05, 0) is 36.6 Å². The lowest BCUT2D eigenvalue weighted by Gasteiger charge is -2.40. The molecule has 0 aromatic heterocycles. The Labute approximate surface area is 275 Å². The average molecular weight is 678 g/mol. The predicted molar refractivity (Wildman–Crippen MR) is 160 cm³/mol. The number of carbonyl (C=O) groups excluding carboxylic acids is 1. The van der Waals surface area contributed by atoms with E-state index in [4.69, 9.17) is 53.8 Å². The molecule has 0 aliphatic carbocycles. The van der Waals surface area contributed by atoms with Crippen molar-refractivity contribution in [3.8, 4) is 28.7 Å². The molecule has 4 aliphatic rings. The second kappa shape index (κ2) is 14.3. The van der Waals surface area contributed by atoms with Crippen LogP contribution in [0.5, 0.6) is 28.7 Å². The van der Waals surface area contributed by atoms with Gasteiger partial charge in [0.25, 0.3) is 6.29 Å². The fourth-order valence-corrected chi connectivity index (χ4v) is 6.16. The molecule has 0 radical (unpaired) electrons. The number of nitrogens with two attached hydrogens (primary N) is 1. The van der Waals surface area contributed by atoms with Crippen LogP contribution < -0.4 is 29.6 Å². The molecular formula is C32H39NO15. The van der Waals surface area contributed by atoms with E-state index in [1.54, 1.807) is 18.2 Å². The molecule has 262 valence electrons. The molecule has 16 nitrogen and oxygen atoms in total. The van der Waals surface area contributed by atoms with E-state index in [0.29, 0.717) is 41.6 Å². The van der Waals surface area contributed by atoms with Gasteiger partial charge in [0.2, 0.25) is 0 Å². The van der Waals surface area contributed by atoms with Gasteiger partial charge in [-0.2, -0.15) is 4.89 Å². The first-order chi connectivity index (χ1) is 23.1. The van der Waals surface area contributed by atoms with E-state index in [-0.39, 0.29) is 37.3 Å². The SMILES string of the molecule is CC(C)Cc1c2c(cc3c1O[C@@H]1c4cc(OO[C@@H]5[C@H](OCCN)O[C@H](COC(=O)CC(=O)O)[C@@H](O)[C@@H]5O)ccc4OC[C@@H]31)O[C@H](CO)O2. The highest BCUT2D eigenvalue weighted by molar-refractivity contribution is 5.90. The third-order valence-corrected chi connectivity index (χ3v) is 8.31. The highest BCUT2D eigenvalue weighted by Crippen LogP contribution is 2.57. The maximum Gasteiger partial charge on any atom is 0.317 e. The summed E-state index contributed by atoms with van der Waals surface area (Å²) in [6, 6.07) is 6.87. The maximum absolute atomic E-state index is 11.7. The van der Waals surface area contributed by atoms with Crippen LogP contribution in [0.4, 0.5) is 0 Å². The van der Waals surface area contributed by atoms with Crippen LogP contribution in [-0.2, 0) is 35.1 Å². The van der Waals surface area contributed by atoms with Crippen molar-refractivity contribution in [1.82, 2.24) is 0 Å². The number of hydrogen-bond acceptors (Lipinski definition) is 15. The number of fused-ring (bicyclic) bond motifs is 6. The van der Waals surface area contributed by atoms with Crippen molar-refractivity contribution in [2.75, 3.05) is 33.0 Å². The Morgan fingerprint density at radius 3 is 2.58 bits per heavy atom. The van der Waals surface area contributed by atoms with Gasteiger partial charge < -0.3 is 64.2 Å². The first-order valence-corrected chi connectivity index (χ1v) is 15.7. The number of aliphatic hydroxyl groups is 3. The molecule has 6 N–H and O–H groups in total. The summed E-state index contributed by atoms with van der Waals surface area (Å²) in [6.07, 6.45) is -8.60. The van der Waals surface area contributed by atoms with Crippen molar-refractivity contribution in [2.45, 2.75) is 75.7 Å². The van der Waals surface area contributed by atoms with Gasteiger partial charge in [-0.25, -0.2) is 0 Å². The van der Waals surface area contributed by atoms with Crippen LogP contribution >= 0.6 is 0 Å². The molecule has 0 bridgehead atoms. The Bertz CT molecular complexity index is 1500. The lowest BCUT2D eigenvalue weighted by molar-refractivity contribution is -0.372. The lowest BCUT2D eigenvalue weighted by Crippen LogP contribution is -2.60. The molecule has 6 rings (SSSR count). The Morgan fingerprint density at radius 2 is 1.85 bits per heavy atom. The normalized spacial score (nSPS) is 28.1. The minimum Gasteiger partial charge on any atom is -0.492 e. The summed E-state index contributed by atoms with van der Waals surface area (Å²) in [5, 5.41) is 40.0. The molecular weight excluding hydrogens is 638 g/mol. The van der Waals surface area contributed by atoms with Crippen molar-refractivity contribution in [3.05, 3.63) is 41.0 Å². The number of rotatable bonds is 13. The van der Waals surface area contributed by atoms with E-state index >= 15 is 0 Å². The van der Waals surface area contributed by atoms with Gasteiger partial charge in [0, 0.05) is 23.2 Å². The second-order valence-electron chi connectivity index (χ2n) is 12.3. The fourth-order valence-electron chi connectivity index (χ4n) is 6.16. The topological polar surface area (TPSA) is 224 Å². The number of aliphatic hydroxyl groups excluding tert-OH is 3. The fraction of sp³-hybridized carbons (Fsp3) is 0.562. The summed E-state index contributed by atoms with van der Waals surface area (Å²) in [5.41, 5.74) is 8.03. The number of carbonyl (C=O) groups is 2. The Kier molecular flexibility index (Phi) is 10.1. The summed E-state index contributed by atoms with van der Waals surface area (Å²) in [5.74, 6) is 0.288. The number of aliphatic carboxylic acids is 1. The van der Waals surface area contributed by atoms with E-state index in [1.807, 2.05) is 6.07 Å². The maximum atomic E-state index is 11.7. The Morgan fingerprint density at radius 1 is 1.04 bits per heavy atom. The van der Waals surface area contributed by atoms with Crippen LogP contribution in [0.3, 0.4) is 0 Å². The molecule has 2 aromatic rings. The highest BCUT2D eigenvalue weighted by Gasteiger charge is 2.48. The summed E-state index contributed by atoms with van der Waals surface area (Å²) in [4.78, 5) is 33.6. The molecule has 0 saturated carbocycles. The van der Waals surface area contributed by atoms with Gasteiger partial charge in [0.05, 0.1) is 19.1 Å². The minimum absolute atomic E-state index is 0.00498. The van der Waals surface area contributed by atoms with E-state index in [0.717, 1.165) is 11.1 Å². The Hall–Kier alpha value is -3.90. The molecule has 0 unspecified atom stereocenters. The van der Waals surface area contributed by atoms with Gasteiger partial charge in [-0.15, -0.1) is 0 Å². The number of carboxylic acids is 1. The quantitative estimate of drug-likeness (QED) is 0.0852. The van der Waals surface area contributed by atoms with E-state index in [2.05, 4.69) is 13.8 Å². The molecule has 4 heterocycles. The van der Waals surface area contributed by atoms with E-state index < -0.39 is 68.1 Å². The number of hydrogen-bond donors (Lipinski definition) is 5. The summed E-state index contributed by atoms with van der Waals surface area (Å²) >= 11 is 0. The minimum atomic E-state index is -1.63. The molecule has 4 aliphatic heterocycles. The molecule has 16 heteroatoms. The molecule has 0 amide bonds. The molecule has 8 atom stereocenters. The zero-order valence-electron chi connectivity index (χ0n) is 26.3. The van der Waals surface area contributed by atoms with Crippen LogP contribution in [0.2, 0.25) is 0 Å². The van der Waals surface area contributed by atoms with Gasteiger partial charge in [-0.3, -0.25) is 9.59 Å². The standard InChI is InChI=1S/C32H39NO15/c1-14(2)7-18-28-16(9-21-30(18)45-25(11-34)43-21)19-12-41-20-4-3-15(8-17(20)29(19)46-28)47-48-31-27(39)26(38)22(44-32(31)40-6-5-33)13-42-24(37)10-23(35)36/h3-4,8-9,14,19,22,25-27,29,31-32,34,38-39H,5-7,10-13,33H2,1-2H3,(H,35,36)/t19-,22+,25-,26+,27-,29+,31-,32+/m0/s1. The number of benzene rings is 2. The summed E-state index contributed by atoms with van der Waals surface area (Å²) in [6.45, 7) is 3.79. The van der Waals surface area contributed by atoms with Crippen molar-refractivity contribution in [3.63, 3.8) is 0 Å². The van der Waals surface area contributed by atoms with Crippen molar-refractivity contribution < 1.29 is 72.9 Å². The van der Waals surface area contributed by atoms with Crippen LogP contribution in [0.1, 0.15) is 49.0 Å². The first kappa shape index (κ1) is 34.0. The Balaban J connectivity index is 1.18.